The van der Waals surface area contributed by atoms with E-state index in [1.54, 1.807) is 0 Å². The van der Waals surface area contributed by atoms with Crippen molar-refractivity contribution in [2.45, 2.75) is 64.5 Å². The standard InChI is InChI=1S/C22H29N5O2/c1-3-5-18-16-10-17(19-6-4-7-21(28)27(18)19)13-26(12-16)20-9-8-15(11-23-20)22-24-14(2)25-29-22/h8-9,11,16-19H,3-7,10,12-13H2,1-2H3/t16-,17+,18-,19-/m0/s1. The molecule has 2 bridgehead atoms. The van der Waals surface area contributed by atoms with Crippen molar-refractivity contribution >= 4 is 11.7 Å². The lowest BCUT2D eigenvalue weighted by molar-refractivity contribution is -0.149. The van der Waals surface area contributed by atoms with Gasteiger partial charge >= 0.3 is 0 Å². The van der Waals surface area contributed by atoms with Gasteiger partial charge in [0.15, 0.2) is 5.82 Å². The number of fused-ring (bicyclic) bond motifs is 4. The Morgan fingerprint density at radius 1 is 1.24 bits per heavy atom. The summed E-state index contributed by atoms with van der Waals surface area (Å²) in [6.45, 7) is 6.00. The molecule has 7 nitrogen and oxygen atoms in total. The van der Waals surface area contributed by atoms with Crippen molar-refractivity contribution in [3.63, 3.8) is 0 Å². The summed E-state index contributed by atoms with van der Waals surface area (Å²) in [5.74, 6) is 3.61. The van der Waals surface area contributed by atoms with Gasteiger partial charge in [0.05, 0.1) is 5.56 Å². The first-order valence-electron chi connectivity index (χ1n) is 11.0. The molecule has 3 fully saturated rings. The molecule has 0 unspecified atom stereocenters. The van der Waals surface area contributed by atoms with E-state index in [0.29, 0.717) is 41.5 Å². The van der Waals surface area contributed by atoms with Crippen LogP contribution in [0.2, 0.25) is 0 Å². The second-order valence-electron chi connectivity index (χ2n) is 8.83. The molecule has 5 heterocycles. The van der Waals surface area contributed by atoms with Crippen LogP contribution in [-0.4, -0.2) is 51.1 Å². The molecule has 0 aromatic carbocycles. The summed E-state index contributed by atoms with van der Waals surface area (Å²) in [5.41, 5.74) is 0.847. The fourth-order valence-electron chi connectivity index (χ4n) is 5.74. The highest BCUT2D eigenvalue weighted by molar-refractivity contribution is 5.78. The van der Waals surface area contributed by atoms with Crippen LogP contribution in [0, 0.1) is 18.8 Å². The smallest absolute Gasteiger partial charge is 0.259 e. The molecule has 0 aliphatic carbocycles. The minimum Gasteiger partial charge on any atom is -0.356 e. The van der Waals surface area contributed by atoms with E-state index in [1.807, 2.05) is 19.2 Å². The van der Waals surface area contributed by atoms with Crippen molar-refractivity contribution < 1.29 is 9.32 Å². The van der Waals surface area contributed by atoms with E-state index < -0.39 is 0 Å². The van der Waals surface area contributed by atoms with E-state index in [0.717, 1.165) is 56.6 Å². The highest BCUT2D eigenvalue weighted by Gasteiger charge is 2.49. The average molecular weight is 396 g/mol. The minimum atomic E-state index is 0.387. The molecule has 0 saturated carbocycles. The second kappa shape index (κ2) is 7.43. The SMILES string of the molecule is CCC[C@H]1[C@H]2C[C@H](CN(c3ccc(-c4nc(C)no4)cn3)C2)[C@@H]2CCCC(=O)N21. The van der Waals surface area contributed by atoms with Gasteiger partial charge in [-0.1, -0.05) is 18.5 Å². The molecule has 3 saturated heterocycles. The highest BCUT2D eigenvalue weighted by atomic mass is 16.5. The van der Waals surface area contributed by atoms with Gasteiger partial charge in [-0.05, 0) is 56.6 Å². The maximum Gasteiger partial charge on any atom is 0.259 e. The Bertz CT molecular complexity index is 880. The number of carbonyl (C=O) groups excluding carboxylic acids is 1. The van der Waals surface area contributed by atoms with Gasteiger partial charge in [0.2, 0.25) is 5.91 Å². The number of aromatic nitrogens is 3. The van der Waals surface area contributed by atoms with Gasteiger partial charge in [-0.25, -0.2) is 4.98 Å². The number of amides is 1. The fraction of sp³-hybridized carbons (Fsp3) is 0.636. The number of pyridine rings is 1. The zero-order valence-electron chi connectivity index (χ0n) is 17.3. The topological polar surface area (TPSA) is 75.4 Å². The molecule has 29 heavy (non-hydrogen) atoms. The van der Waals surface area contributed by atoms with Gasteiger partial charge in [-0.15, -0.1) is 0 Å². The van der Waals surface area contributed by atoms with Crippen molar-refractivity contribution in [1.29, 1.82) is 0 Å². The van der Waals surface area contributed by atoms with Gasteiger partial charge in [-0.2, -0.15) is 4.98 Å². The maximum absolute atomic E-state index is 12.8. The van der Waals surface area contributed by atoms with Crippen molar-refractivity contribution in [2.75, 3.05) is 18.0 Å². The first kappa shape index (κ1) is 18.6. The van der Waals surface area contributed by atoms with Crippen LogP contribution in [0.5, 0.6) is 0 Å². The van der Waals surface area contributed by atoms with Crippen molar-refractivity contribution in [1.82, 2.24) is 20.0 Å². The number of nitrogens with zero attached hydrogens (tertiary/aromatic N) is 5. The first-order valence-corrected chi connectivity index (χ1v) is 11.0. The predicted molar refractivity (Wildman–Crippen MR) is 109 cm³/mol. The van der Waals surface area contributed by atoms with E-state index in [-0.39, 0.29) is 0 Å². The molecular weight excluding hydrogens is 366 g/mol. The third kappa shape index (κ3) is 3.30. The molecule has 1 amide bonds. The summed E-state index contributed by atoms with van der Waals surface area (Å²) in [6.07, 6.45) is 8.23. The summed E-state index contributed by atoms with van der Waals surface area (Å²) in [7, 11) is 0. The van der Waals surface area contributed by atoms with E-state index in [2.05, 4.69) is 32.9 Å². The monoisotopic (exact) mass is 395 g/mol. The number of anilines is 1. The summed E-state index contributed by atoms with van der Waals surface area (Å²) in [5, 5.41) is 3.86. The second-order valence-corrected chi connectivity index (χ2v) is 8.83. The van der Waals surface area contributed by atoms with E-state index in [9.17, 15) is 4.79 Å². The van der Waals surface area contributed by atoms with Crippen molar-refractivity contribution in [2.24, 2.45) is 11.8 Å². The molecule has 3 aliphatic rings. The third-order valence-corrected chi connectivity index (χ3v) is 6.93. The van der Waals surface area contributed by atoms with E-state index in [4.69, 9.17) is 9.51 Å². The minimum absolute atomic E-state index is 0.387. The molecule has 5 rings (SSSR count). The number of aryl methyl sites for hydroxylation is 1. The molecule has 4 atom stereocenters. The molecule has 2 aromatic heterocycles. The van der Waals surface area contributed by atoms with Crippen molar-refractivity contribution in [3.05, 3.63) is 24.2 Å². The van der Waals surface area contributed by atoms with Gasteiger partial charge in [0.25, 0.3) is 5.89 Å². The zero-order chi connectivity index (χ0) is 20.0. The third-order valence-electron chi connectivity index (χ3n) is 6.93. The number of carbonyl (C=O) groups is 1. The van der Waals surface area contributed by atoms with Crippen LogP contribution < -0.4 is 4.90 Å². The largest absolute Gasteiger partial charge is 0.356 e. The Morgan fingerprint density at radius 2 is 2.10 bits per heavy atom. The molecule has 0 radical (unpaired) electrons. The summed E-state index contributed by atoms with van der Waals surface area (Å²) in [4.78, 5) is 26.5. The van der Waals surface area contributed by atoms with Crippen LogP contribution in [0.3, 0.4) is 0 Å². The predicted octanol–water partition coefficient (Wildman–Crippen LogP) is 3.45. The molecular formula is C22H29N5O2. The number of hydrogen-bond acceptors (Lipinski definition) is 6. The Kier molecular flexibility index (Phi) is 4.76. The summed E-state index contributed by atoms with van der Waals surface area (Å²) < 4.78 is 5.25. The molecule has 154 valence electrons. The van der Waals surface area contributed by atoms with Crippen LogP contribution in [0.15, 0.2) is 22.9 Å². The first-order chi connectivity index (χ1) is 14.1. The Balaban J connectivity index is 1.39. The van der Waals surface area contributed by atoms with E-state index >= 15 is 0 Å². The lowest BCUT2D eigenvalue weighted by Gasteiger charge is -2.57. The Morgan fingerprint density at radius 3 is 2.83 bits per heavy atom. The summed E-state index contributed by atoms with van der Waals surface area (Å²) in [6, 6.07) is 4.87. The number of piperidine rings is 3. The van der Waals surface area contributed by atoms with Gasteiger partial charge in [0.1, 0.15) is 5.82 Å². The lowest BCUT2D eigenvalue weighted by Crippen LogP contribution is -2.65. The zero-order valence-corrected chi connectivity index (χ0v) is 17.3. The maximum atomic E-state index is 12.8. The van der Waals surface area contributed by atoms with Crippen LogP contribution in [0.25, 0.3) is 11.5 Å². The van der Waals surface area contributed by atoms with Gasteiger partial charge in [0, 0.05) is 37.8 Å². The fourth-order valence-corrected chi connectivity index (χ4v) is 5.74. The molecule has 7 heteroatoms. The Hall–Kier alpha value is -2.44. The Labute approximate surface area is 171 Å². The average Bonchev–Trinajstić information content (AvgIpc) is 3.18. The lowest BCUT2D eigenvalue weighted by atomic mass is 9.71. The van der Waals surface area contributed by atoms with E-state index in [1.165, 1.54) is 6.42 Å². The van der Waals surface area contributed by atoms with Crippen LogP contribution >= 0.6 is 0 Å². The molecule has 0 spiro atoms. The van der Waals surface area contributed by atoms with Gasteiger partial charge in [-0.3, -0.25) is 4.79 Å². The highest BCUT2D eigenvalue weighted by Crippen LogP contribution is 2.43. The van der Waals surface area contributed by atoms with Crippen molar-refractivity contribution in [3.8, 4) is 11.5 Å². The summed E-state index contributed by atoms with van der Waals surface area (Å²) >= 11 is 0. The molecule has 3 aliphatic heterocycles. The van der Waals surface area contributed by atoms with Crippen LogP contribution in [-0.2, 0) is 4.79 Å². The molecule has 0 N–H and O–H groups in total. The van der Waals surface area contributed by atoms with Crippen LogP contribution in [0.1, 0.15) is 51.3 Å². The quantitative estimate of drug-likeness (QED) is 0.789. The molecule has 2 aromatic rings. The van der Waals surface area contributed by atoms with Crippen LogP contribution in [0.4, 0.5) is 5.82 Å². The van der Waals surface area contributed by atoms with Gasteiger partial charge < -0.3 is 14.3 Å². The normalized spacial score (nSPS) is 29.1. The number of rotatable bonds is 4. The number of hydrogen-bond donors (Lipinski definition) is 0.